The molecule has 1 saturated carbocycles. The third-order valence-electron chi connectivity index (χ3n) is 1.65. The van der Waals surface area contributed by atoms with Gasteiger partial charge in [-0.25, -0.2) is 0 Å². The summed E-state index contributed by atoms with van der Waals surface area (Å²) in [6, 6.07) is 0.536. The van der Waals surface area contributed by atoms with Crippen LogP contribution in [0.4, 0.5) is 0 Å². The number of hydrogen-bond acceptors (Lipinski definition) is 2. The molecule has 1 aliphatic carbocycles. The van der Waals surface area contributed by atoms with E-state index in [0.717, 1.165) is 0 Å². The smallest absolute Gasteiger partial charge is 0.00388 e. The van der Waals surface area contributed by atoms with Crippen LogP contribution in [0.15, 0.2) is 0 Å². The van der Waals surface area contributed by atoms with Gasteiger partial charge in [0, 0.05) is 6.04 Å². The van der Waals surface area contributed by atoms with Gasteiger partial charge in [0.2, 0.25) is 0 Å². The Labute approximate surface area is 51.0 Å². The van der Waals surface area contributed by atoms with Gasteiger partial charge in [0.25, 0.3) is 0 Å². The van der Waals surface area contributed by atoms with Crippen LogP contribution in [0.1, 0.15) is 32.1 Å². The highest BCUT2D eigenvalue weighted by Crippen LogP contribution is 2.14. The first-order valence-electron chi connectivity index (χ1n) is 3.15. The van der Waals surface area contributed by atoms with Gasteiger partial charge in [-0.15, -0.1) is 0 Å². The largest absolute Gasteiger partial charge is 0.344 e. The molecule has 0 amide bonds. The summed E-state index contributed by atoms with van der Waals surface area (Å²) in [7, 11) is 0. The Kier molecular flexibility index (Phi) is 3.83. The standard InChI is InChI=1S/C6H13N.H3N/c7-6-4-2-1-3-5-6;/h6H,1-5,7H2;1H3. The summed E-state index contributed by atoms with van der Waals surface area (Å²) < 4.78 is 0. The van der Waals surface area contributed by atoms with E-state index in [2.05, 4.69) is 0 Å². The lowest BCUT2D eigenvalue weighted by atomic mass is 9.97. The topological polar surface area (TPSA) is 61.0 Å². The van der Waals surface area contributed by atoms with Gasteiger partial charge in [0.05, 0.1) is 0 Å². The van der Waals surface area contributed by atoms with Crippen molar-refractivity contribution in [1.82, 2.24) is 6.15 Å². The van der Waals surface area contributed by atoms with Crippen molar-refractivity contribution in [3.63, 3.8) is 0 Å². The molecule has 0 aromatic carbocycles. The van der Waals surface area contributed by atoms with E-state index in [1.165, 1.54) is 32.1 Å². The number of hydrogen-bond donors (Lipinski definition) is 2. The van der Waals surface area contributed by atoms with Crippen LogP contribution in [-0.2, 0) is 0 Å². The molecule has 0 atom stereocenters. The molecule has 2 nitrogen and oxygen atoms in total. The van der Waals surface area contributed by atoms with Gasteiger partial charge in [-0.3, -0.25) is 0 Å². The van der Waals surface area contributed by atoms with Crippen LogP contribution in [-0.4, -0.2) is 6.04 Å². The molecule has 0 spiro atoms. The molecule has 0 saturated heterocycles. The lowest BCUT2D eigenvalue weighted by molar-refractivity contribution is 0.441. The zero-order chi connectivity index (χ0) is 5.11. The predicted octanol–water partition coefficient (Wildman–Crippen LogP) is 1.44. The van der Waals surface area contributed by atoms with Crippen LogP contribution in [0.5, 0.6) is 0 Å². The second-order valence-electron chi connectivity index (χ2n) is 2.40. The fraction of sp³-hybridized carbons (Fsp3) is 1.00. The monoisotopic (exact) mass is 116 g/mol. The Morgan fingerprint density at radius 1 is 1.00 bits per heavy atom. The van der Waals surface area contributed by atoms with Gasteiger partial charge in [-0.05, 0) is 12.8 Å². The molecule has 0 aromatic rings. The Morgan fingerprint density at radius 3 is 1.75 bits per heavy atom. The van der Waals surface area contributed by atoms with Crippen molar-refractivity contribution < 1.29 is 0 Å². The van der Waals surface area contributed by atoms with Crippen molar-refractivity contribution >= 4 is 0 Å². The fourth-order valence-corrected chi connectivity index (χ4v) is 1.13. The van der Waals surface area contributed by atoms with Crippen LogP contribution in [0, 0.1) is 0 Å². The SMILES string of the molecule is N.NC1CCCCC1. The second-order valence-corrected chi connectivity index (χ2v) is 2.40. The minimum Gasteiger partial charge on any atom is -0.344 e. The molecule has 1 rings (SSSR count). The van der Waals surface area contributed by atoms with E-state index in [1.807, 2.05) is 0 Å². The summed E-state index contributed by atoms with van der Waals surface area (Å²) in [6.45, 7) is 0. The van der Waals surface area contributed by atoms with E-state index in [-0.39, 0.29) is 6.15 Å². The summed E-state index contributed by atoms with van der Waals surface area (Å²) in [5, 5.41) is 0. The summed E-state index contributed by atoms with van der Waals surface area (Å²) in [6.07, 6.45) is 6.66. The van der Waals surface area contributed by atoms with Gasteiger partial charge in [-0.2, -0.15) is 0 Å². The van der Waals surface area contributed by atoms with Crippen molar-refractivity contribution in [1.29, 1.82) is 0 Å². The molecule has 50 valence electrons. The Bertz CT molecular complexity index is 48.5. The Morgan fingerprint density at radius 2 is 1.50 bits per heavy atom. The molecule has 0 radical (unpaired) electrons. The molecular weight excluding hydrogens is 100 g/mol. The first kappa shape index (κ1) is 7.92. The average molecular weight is 116 g/mol. The van der Waals surface area contributed by atoms with E-state index in [0.29, 0.717) is 6.04 Å². The first-order chi connectivity index (χ1) is 3.39. The molecule has 0 heterocycles. The van der Waals surface area contributed by atoms with Crippen LogP contribution in [0.25, 0.3) is 0 Å². The van der Waals surface area contributed by atoms with E-state index in [9.17, 15) is 0 Å². The van der Waals surface area contributed by atoms with Crippen LogP contribution in [0.2, 0.25) is 0 Å². The first-order valence-corrected chi connectivity index (χ1v) is 3.15. The summed E-state index contributed by atoms with van der Waals surface area (Å²) in [5.41, 5.74) is 5.63. The summed E-state index contributed by atoms with van der Waals surface area (Å²) in [4.78, 5) is 0. The molecular formula is C6H16N2. The third-order valence-corrected chi connectivity index (χ3v) is 1.65. The predicted molar refractivity (Wildman–Crippen MR) is 36.1 cm³/mol. The summed E-state index contributed by atoms with van der Waals surface area (Å²) >= 11 is 0. The van der Waals surface area contributed by atoms with Gasteiger partial charge < -0.3 is 11.9 Å². The zero-order valence-electron chi connectivity index (χ0n) is 5.40. The number of rotatable bonds is 0. The van der Waals surface area contributed by atoms with Gasteiger partial charge >= 0.3 is 0 Å². The average Bonchev–Trinajstić information content (AvgIpc) is 1.69. The maximum absolute atomic E-state index is 5.63. The third kappa shape index (κ3) is 2.28. The molecule has 0 aliphatic heterocycles. The second kappa shape index (κ2) is 3.87. The zero-order valence-corrected chi connectivity index (χ0v) is 5.40. The summed E-state index contributed by atoms with van der Waals surface area (Å²) in [5.74, 6) is 0. The van der Waals surface area contributed by atoms with Crippen molar-refractivity contribution in [2.24, 2.45) is 5.73 Å². The highest BCUT2D eigenvalue weighted by Gasteiger charge is 2.06. The molecule has 0 aromatic heterocycles. The molecule has 0 bridgehead atoms. The molecule has 8 heavy (non-hydrogen) atoms. The van der Waals surface area contributed by atoms with Gasteiger partial charge in [-0.1, -0.05) is 19.3 Å². The van der Waals surface area contributed by atoms with Crippen molar-refractivity contribution in [2.45, 2.75) is 38.1 Å². The van der Waals surface area contributed by atoms with Crippen molar-refractivity contribution in [3.05, 3.63) is 0 Å². The van der Waals surface area contributed by atoms with E-state index in [4.69, 9.17) is 5.73 Å². The van der Waals surface area contributed by atoms with Crippen molar-refractivity contribution in [3.8, 4) is 0 Å². The van der Waals surface area contributed by atoms with Gasteiger partial charge in [0.15, 0.2) is 0 Å². The molecule has 5 N–H and O–H groups in total. The maximum atomic E-state index is 5.63. The van der Waals surface area contributed by atoms with Crippen LogP contribution < -0.4 is 11.9 Å². The lowest BCUT2D eigenvalue weighted by Gasteiger charge is -2.15. The van der Waals surface area contributed by atoms with E-state index < -0.39 is 0 Å². The quantitative estimate of drug-likeness (QED) is 0.503. The van der Waals surface area contributed by atoms with Crippen LogP contribution >= 0.6 is 0 Å². The minimum absolute atomic E-state index is 0. The Balaban J connectivity index is 0.000000490. The maximum Gasteiger partial charge on any atom is 0.00388 e. The van der Waals surface area contributed by atoms with E-state index >= 15 is 0 Å². The minimum atomic E-state index is 0. The van der Waals surface area contributed by atoms with Crippen molar-refractivity contribution in [2.75, 3.05) is 0 Å². The molecule has 1 fully saturated rings. The molecule has 1 aliphatic rings. The normalized spacial score (nSPS) is 22.1. The van der Waals surface area contributed by atoms with Crippen LogP contribution in [0.3, 0.4) is 0 Å². The highest BCUT2D eigenvalue weighted by atomic mass is 14.6. The Hall–Kier alpha value is -0.0800. The fourth-order valence-electron chi connectivity index (χ4n) is 1.13. The lowest BCUT2D eigenvalue weighted by Crippen LogP contribution is -2.22. The number of nitrogens with two attached hydrogens (primary N) is 1. The molecule has 0 unspecified atom stereocenters. The highest BCUT2D eigenvalue weighted by molar-refractivity contribution is 4.66. The molecule has 2 heteroatoms. The van der Waals surface area contributed by atoms with E-state index in [1.54, 1.807) is 0 Å². The van der Waals surface area contributed by atoms with Gasteiger partial charge in [0.1, 0.15) is 0 Å².